The lowest BCUT2D eigenvalue weighted by atomic mass is 9.98. The molecule has 0 saturated carbocycles. The standard InChI is InChI=1S/C16H22N2O2/c1-10-5-6-11(2)13(7-10)14(17-4)9-18-15(19)8-12(3)16(18)20/h5-7,12,14,17H,8-9H2,1-4H3. The maximum atomic E-state index is 12.0. The van der Waals surface area contributed by atoms with Gasteiger partial charge >= 0.3 is 0 Å². The molecule has 2 atom stereocenters. The molecular formula is C16H22N2O2. The topological polar surface area (TPSA) is 49.4 Å². The third-order valence-electron chi connectivity index (χ3n) is 3.99. The second-order valence-electron chi connectivity index (χ2n) is 5.65. The van der Waals surface area contributed by atoms with E-state index < -0.39 is 0 Å². The molecule has 2 rings (SSSR count). The molecule has 1 heterocycles. The summed E-state index contributed by atoms with van der Waals surface area (Å²) in [6, 6.07) is 6.24. The lowest BCUT2D eigenvalue weighted by Crippen LogP contribution is -2.38. The quantitative estimate of drug-likeness (QED) is 0.854. The van der Waals surface area contributed by atoms with Gasteiger partial charge in [0, 0.05) is 18.9 Å². The number of aryl methyl sites for hydroxylation is 2. The van der Waals surface area contributed by atoms with Gasteiger partial charge in [-0.15, -0.1) is 0 Å². The molecule has 1 saturated heterocycles. The lowest BCUT2D eigenvalue weighted by Gasteiger charge is -2.24. The second-order valence-corrected chi connectivity index (χ2v) is 5.65. The zero-order valence-electron chi connectivity index (χ0n) is 12.6. The molecule has 0 spiro atoms. The van der Waals surface area contributed by atoms with Gasteiger partial charge in [0.1, 0.15) is 0 Å². The monoisotopic (exact) mass is 274 g/mol. The fourth-order valence-corrected chi connectivity index (χ4v) is 2.70. The van der Waals surface area contributed by atoms with Gasteiger partial charge in [0.05, 0.1) is 6.04 Å². The van der Waals surface area contributed by atoms with E-state index in [-0.39, 0.29) is 23.8 Å². The van der Waals surface area contributed by atoms with Crippen LogP contribution in [-0.4, -0.2) is 30.3 Å². The molecule has 108 valence electrons. The first-order valence-corrected chi connectivity index (χ1v) is 7.02. The van der Waals surface area contributed by atoms with Crippen LogP contribution in [0.1, 0.15) is 36.1 Å². The Balaban J connectivity index is 2.23. The molecule has 1 aliphatic rings. The van der Waals surface area contributed by atoms with E-state index >= 15 is 0 Å². The van der Waals surface area contributed by atoms with E-state index in [0.29, 0.717) is 13.0 Å². The molecule has 20 heavy (non-hydrogen) atoms. The zero-order valence-corrected chi connectivity index (χ0v) is 12.6. The molecule has 1 aromatic rings. The third-order valence-corrected chi connectivity index (χ3v) is 3.99. The number of likely N-dealkylation sites (N-methyl/N-ethyl adjacent to an activating group) is 1. The Labute approximate surface area is 120 Å². The molecule has 1 fully saturated rings. The molecule has 1 aromatic carbocycles. The van der Waals surface area contributed by atoms with Crippen molar-refractivity contribution in [3.8, 4) is 0 Å². The lowest BCUT2D eigenvalue weighted by molar-refractivity contribution is -0.139. The zero-order chi connectivity index (χ0) is 14.9. The number of carbonyl (C=O) groups excluding carboxylic acids is 2. The number of hydrogen-bond acceptors (Lipinski definition) is 3. The van der Waals surface area contributed by atoms with Crippen molar-refractivity contribution in [1.82, 2.24) is 10.2 Å². The SMILES string of the molecule is CNC(CN1C(=O)CC(C)C1=O)c1cc(C)ccc1C. The Bertz CT molecular complexity index is 539. The Morgan fingerprint density at radius 3 is 2.60 bits per heavy atom. The van der Waals surface area contributed by atoms with Crippen LogP contribution >= 0.6 is 0 Å². The first kappa shape index (κ1) is 14.7. The third kappa shape index (κ3) is 2.75. The summed E-state index contributed by atoms with van der Waals surface area (Å²) in [5.41, 5.74) is 3.49. The summed E-state index contributed by atoms with van der Waals surface area (Å²) in [4.78, 5) is 25.3. The summed E-state index contributed by atoms with van der Waals surface area (Å²) in [7, 11) is 1.86. The predicted molar refractivity (Wildman–Crippen MR) is 78.2 cm³/mol. The highest BCUT2D eigenvalue weighted by molar-refractivity contribution is 6.03. The highest BCUT2D eigenvalue weighted by Gasteiger charge is 2.36. The number of hydrogen-bond donors (Lipinski definition) is 1. The van der Waals surface area contributed by atoms with Crippen molar-refractivity contribution in [3.63, 3.8) is 0 Å². The van der Waals surface area contributed by atoms with Crippen LogP contribution in [0.2, 0.25) is 0 Å². The number of nitrogens with one attached hydrogen (secondary N) is 1. The van der Waals surface area contributed by atoms with Crippen molar-refractivity contribution in [2.75, 3.05) is 13.6 Å². The fourth-order valence-electron chi connectivity index (χ4n) is 2.70. The van der Waals surface area contributed by atoms with Crippen LogP contribution in [0.25, 0.3) is 0 Å². The number of likely N-dealkylation sites (tertiary alicyclic amines) is 1. The minimum Gasteiger partial charge on any atom is -0.312 e. The number of nitrogens with zero attached hydrogens (tertiary/aromatic N) is 1. The van der Waals surface area contributed by atoms with Gasteiger partial charge in [-0.05, 0) is 32.0 Å². The Kier molecular flexibility index (Phi) is 4.23. The molecule has 2 amide bonds. The number of imide groups is 1. The van der Waals surface area contributed by atoms with Crippen LogP contribution in [0.15, 0.2) is 18.2 Å². The van der Waals surface area contributed by atoms with E-state index in [4.69, 9.17) is 0 Å². The molecule has 0 aromatic heterocycles. The summed E-state index contributed by atoms with van der Waals surface area (Å²) in [5, 5.41) is 3.22. The summed E-state index contributed by atoms with van der Waals surface area (Å²) < 4.78 is 0. The highest BCUT2D eigenvalue weighted by Crippen LogP contribution is 2.25. The van der Waals surface area contributed by atoms with Gasteiger partial charge in [0.25, 0.3) is 0 Å². The normalized spacial score (nSPS) is 20.6. The van der Waals surface area contributed by atoms with Crippen molar-refractivity contribution < 1.29 is 9.59 Å². The Morgan fingerprint density at radius 2 is 2.05 bits per heavy atom. The first-order chi connectivity index (χ1) is 9.43. The average Bonchev–Trinajstić information content (AvgIpc) is 2.65. The maximum Gasteiger partial charge on any atom is 0.232 e. The van der Waals surface area contributed by atoms with E-state index in [9.17, 15) is 9.59 Å². The Morgan fingerprint density at radius 1 is 1.35 bits per heavy atom. The van der Waals surface area contributed by atoms with E-state index in [1.165, 1.54) is 16.0 Å². The van der Waals surface area contributed by atoms with Crippen LogP contribution in [-0.2, 0) is 9.59 Å². The van der Waals surface area contributed by atoms with E-state index in [1.54, 1.807) is 0 Å². The molecule has 1 N–H and O–H groups in total. The van der Waals surface area contributed by atoms with Gasteiger partial charge in [0.15, 0.2) is 0 Å². The Hall–Kier alpha value is -1.68. The van der Waals surface area contributed by atoms with Crippen molar-refractivity contribution >= 4 is 11.8 Å². The average molecular weight is 274 g/mol. The van der Waals surface area contributed by atoms with Crippen LogP contribution in [0.4, 0.5) is 0 Å². The van der Waals surface area contributed by atoms with E-state index in [2.05, 4.69) is 30.4 Å². The van der Waals surface area contributed by atoms with Gasteiger partial charge in [-0.25, -0.2) is 0 Å². The summed E-state index contributed by atoms with van der Waals surface area (Å²) >= 11 is 0. The van der Waals surface area contributed by atoms with Crippen LogP contribution in [0.3, 0.4) is 0 Å². The smallest absolute Gasteiger partial charge is 0.232 e. The molecule has 0 aliphatic carbocycles. The van der Waals surface area contributed by atoms with Gasteiger partial charge in [-0.3, -0.25) is 14.5 Å². The molecule has 1 aliphatic heterocycles. The van der Waals surface area contributed by atoms with Gasteiger partial charge < -0.3 is 5.32 Å². The van der Waals surface area contributed by atoms with Crippen LogP contribution in [0.5, 0.6) is 0 Å². The van der Waals surface area contributed by atoms with Crippen molar-refractivity contribution in [3.05, 3.63) is 34.9 Å². The largest absolute Gasteiger partial charge is 0.312 e. The molecular weight excluding hydrogens is 252 g/mol. The molecule has 4 heteroatoms. The molecule has 2 unspecified atom stereocenters. The number of amides is 2. The summed E-state index contributed by atoms with van der Waals surface area (Å²) in [6.07, 6.45) is 0.335. The highest BCUT2D eigenvalue weighted by atomic mass is 16.2. The molecule has 0 bridgehead atoms. The molecule has 0 radical (unpaired) electrons. The second kappa shape index (κ2) is 5.75. The van der Waals surface area contributed by atoms with Crippen LogP contribution in [0, 0.1) is 19.8 Å². The minimum atomic E-state index is -0.182. The molecule has 4 nitrogen and oxygen atoms in total. The number of carbonyl (C=O) groups is 2. The minimum absolute atomic E-state index is 0.0203. The summed E-state index contributed by atoms with van der Waals surface area (Å²) in [5.74, 6) is -0.299. The van der Waals surface area contributed by atoms with Gasteiger partial charge in [0.2, 0.25) is 11.8 Å². The number of benzene rings is 1. The summed E-state index contributed by atoms with van der Waals surface area (Å²) in [6.45, 7) is 6.31. The van der Waals surface area contributed by atoms with Gasteiger partial charge in [-0.1, -0.05) is 30.7 Å². The van der Waals surface area contributed by atoms with E-state index in [1.807, 2.05) is 20.9 Å². The van der Waals surface area contributed by atoms with E-state index in [0.717, 1.165) is 5.56 Å². The fraction of sp³-hybridized carbons (Fsp3) is 0.500. The van der Waals surface area contributed by atoms with Crippen LogP contribution < -0.4 is 5.32 Å². The number of rotatable bonds is 4. The van der Waals surface area contributed by atoms with Crippen molar-refractivity contribution in [1.29, 1.82) is 0 Å². The van der Waals surface area contributed by atoms with Crippen molar-refractivity contribution in [2.45, 2.75) is 33.2 Å². The van der Waals surface area contributed by atoms with Gasteiger partial charge in [-0.2, -0.15) is 0 Å². The predicted octanol–water partition coefficient (Wildman–Crippen LogP) is 1.96. The first-order valence-electron chi connectivity index (χ1n) is 7.02. The van der Waals surface area contributed by atoms with Crippen molar-refractivity contribution in [2.24, 2.45) is 5.92 Å². The maximum absolute atomic E-state index is 12.0.